The van der Waals surface area contributed by atoms with Gasteiger partial charge in [-0.2, -0.15) is 0 Å². The van der Waals surface area contributed by atoms with Crippen molar-refractivity contribution in [3.63, 3.8) is 0 Å². The van der Waals surface area contributed by atoms with E-state index in [4.69, 9.17) is 4.74 Å². The number of hydrogen-bond donors (Lipinski definition) is 1. The summed E-state index contributed by atoms with van der Waals surface area (Å²) >= 11 is 1.31. The highest BCUT2D eigenvalue weighted by Crippen LogP contribution is 2.42. The highest BCUT2D eigenvalue weighted by Gasteiger charge is 2.26. The second-order valence-electron chi connectivity index (χ2n) is 8.93. The van der Waals surface area contributed by atoms with E-state index in [-0.39, 0.29) is 29.9 Å². The fourth-order valence-corrected chi connectivity index (χ4v) is 5.72. The maximum Gasteiger partial charge on any atom is 0.203 e. The summed E-state index contributed by atoms with van der Waals surface area (Å²) in [5.74, 6) is 0.446. The van der Waals surface area contributed by atoms with Crippen molar-refractivity contribution in [2.24, 2.45) is 5.92 Å². The normalized spacial score (nSPS) is 14.3. The van der Waals surface area contributed by atoms with Crippen molar-refractivity contribution in [1.82, 2.24) is 4.90 Å². The summed E-state index contributed by atoms with van der Waals surface area (Å²) < 4.78 is 32.9. The predicted molar refractivity (Wildman–Crippen MR) is 135 cm³/mol. The highest BCUT2D eigenvalue weighted by atomic mass is 32.1. The van der Waals surface area contributed by atoms with Crippen LogP contribution in [0.1, 0.15) is 20.8 Å². The molecule has 0 atom stereocenters. The lowest BCUT2D eigenvalue weighted by atomic mass is 9.96. The van der Waals surface area contributed by atoms with Gasteiger partial charge >= 0.3 is 0 Å². The van der Waals surface area contributed by atoms with Crippen molar-refractivity contribution in [3.8, 4) is 22.6 Å². The average Bonchev–Trinajstić information content (AvgIpc) is 3.19. The number of thiophene rings is 1. The molecule has 1 fully saturated rings. The number of phenolic OH excluding ortho intramolecular Hbond substituents is 1. The fraction of sp³-hybridized carbons (Fsp3) is 0.250. The Kier molecular flexibility index (Phi) is 6.54. The maximum atomic E-state index is 13.6. The van der Waals surface area contributed by atoms with E-state index in [1.165, 1.54) is 29.5 Å². The molecule has 0 spiro atoms. The number of aromatic hydroxyl groups is 1. The lowest BCUT2D eigenvalue weighted by molar-refractivity contribution is 0.0668. The number of halogens is 2. The van der Waals surface area contributed by atoms with E-state index >= 15 is 0 Å². The summed E-state index contributed by atoms with van der Waals surface area (Å²) in [4.78, 5) is 16.3. The van der Waals surface area contributed by atoms with Gasteiger partial charge in [-0.3, -0.25) is 14.1 Å². The number of alkyl halides is 1. The third-order valence-electron chi connectivity index (χ3n) is 6.38. The summed E-state index contributed by atoms with van der Waals surface area (Å²) in [5, 5.41) is 10.8. The van der Waals surface area contributed by atoms with Crippen LogP contribution in [0, 0.1) is 18.7 Å². The molecule has 1 aliphatic heterocycles. The zero-order valence-electron chi connectivity index (χ0n) is 19.3. The van der Waals surface area contributed by atoms with E-state index in [1.807, 2.05) is 30.3 Å². The van der Waals surface area contributed by atoms with E-state index in [0.29, 0.717) is 22.6 Å². The molecular formula is C28H25F2NO3S. The molecule has 1 aliphatic rings. The van der Waals surface area contributed by atoms with Crippen LogP contribution in [-0.4, -0.2) is 48.7 Å². The Morgan fingerprint density at radius 3 is 2.60 bits per heavy atom. The van der Waals surface area contributed by atoms with E-state index < -0.39 is 0 Å². The van der Waals surface area contributed by atoms with Crippen molar-refractivity contribution >= 4 is 27.2 Å². The van der Waals surface area contributed by atoms with Gasteiger partial charge in [-0.15, -0.1) is 11.3 Å². The van der Waals surface area contributed by atoms with Crippen molar-refractivity contribution in [1.29, 1.82) is 0 Å². The van der Waals surface area contributed by atoms with Crippen molar-refractivity contribution in [2.75, 3.05) is 32.9 Å². The van der Waals surface area contributed by atoms with Crippen LogP contribution in [0.15, 0.2) is 60.7 Å². The molecular weight excluding hydrogens is 468 g/mol. The summed E-state index contributed by atoms with van der Waals surface area (Å²) in [6, 6.07) is 16.8. The molecule has 0 radical (unpaired) electrons. The Bertz CT molecular complexity index is 1380. The minimum absolute atomic E-state index is 0.131. The Hall–Kier alpha value is -3.29. The molecule has 1 N–H and O–H groups in total. The van der Waals surface area contributed by atoms with Crippen molar-refractivity contribution in [2.45, 2.75) is 6.92 Å². The van der Waals surface area contributed by atoms with E-state index in [2.05, 4.69) is 4.90 Å². The van der Waals surface area contributed by atoms with Crippen molar-refractivity contribution < 1.29 is 23.4 Å². The number of rotatable bonds is 8. The molecule has 3 aromatic carbocycles. The van der Waals surface area contributed by atoms with E-state index in [9.17, 15) is 18.7 Å². The van der Waals surface area contributed by atoms with Crippen LogP contribution in [0.5, 0.6) is 11.5 Å². The van der Waals surface area contributed by atoms with Gasteiger partial charge in [0.05, 0.1) is 11.6 Å². The first-order chi connectivity index (χ1) is 16.9. The topological polar surface area (TPSA) is 49.8 Å². The number of hydrogen-bond acceptors (Lipinski definition) is 5. The number of carbonyl (C=O) groups excluding carboxylic acids is 1. The SMILES string of the molecule is Cc1cc(F)ccc1C(=O)c1sc2cc(O)ccc2c1-c1ccc(OCCN2CC(CF)C2)cc1. The Labute approximate surface area is 206 Å². The summed E-state index contributed by atoms with van der Waals surface area (Å²) in [6.45, 7) is 4.30. The van der Waals surface area contributed by atoms with Gasteiger partial charge in [0, 0.05) is 46.8 Å². The number of carbonyl (C=O) groups is 1. The molecule has 35 heavy (non-hydrogen) atoms. The molecule has 0 aliphatic carbocycles. The molecule has 2 heterocycles. The molecule has 5 rings (SSSR count). The molecule has 4 aromatic rings. The molecule has 0 saturated carbocycles. The zero-order valence-corrected chi connectivity index (χ0v) is 20.1. The molecule has 7 heteroatoms. The quantitative estimate of drug-likeness (QED) is 0.296. The first-order valence-corrected chi connectivity index (χ1v) is 12.3. The van der Waals surface area contributed by atoms with Crippen LogP contribution < -0.4 is 4.74 Å². The molecule has 0 unspecified atom stereocenters. The molecule has 4 nitrogen and oxygen atoms in total. The largest absolute Gasteiger partial charge is 0.508 e. The number of fused-ring (bicyclic) bond motifs is 1. The smallest absolute Gasteiger partial charge is 0.203 e. The fourth-order valence-electron chi connectivity index (χ4n) is 4.50. The Morgan fingerprint density at radius 1 is 1.11 bits per heavy atom. The number of phenols is 1. The minimum atomic E-state index is -0.382. The van der Waals surface area contributed by atoms with Crippen LogP contribution in [0.2, 0.25) is 0 Å². The predicted octanol–water partition coefficient (Wildman–Crippen LogP) is 6.23. The van der Waals surface area contributed by atoms with Gasteiger partial charge in [-0.1, -0.05) is 12.1 Å². The monoisotopic (exact) mass is 493 g/mol. The Morgan fingerprint density at radius 2 is 1.89 bits per heavy atom. The number of likely N-dealkylation sites (tertiary alicyclic amines) is 1. The van der Waals surface area contributed by atoms with Crippen LogP contribution in [-0.2, 0) is 0 Å². The van der Waals surface area contributed by atoms with Crippen LogP contribution in [0.25, 0.3) is 21.2 Å². The molecule has 180 valence electrons. The number of benzene rings is 3. The summed E-state index contributed by atoms with van der Waals surface area (Å²) in [6.07, 6.45) is 0. The third kappa shape index (κ3) is 4.79. The minimum Gasteiger partial charge on any atom is -0.508 e. The highest BCUT2D eigenvalue weighted by molar-refractivity contribution is 7.21. The van der Waals surface area contributed by atoms with Gasteiger partial charge in [-0.25, -0.2) is 4.39 Å². The first-order valence-electron chi connectivity index (χ1n) is 11.5. The van der Waals surface area contributed by atoms with Gasteiger partial charge in [0.25, 0.3) is 0 Å². The maximum absolute atomic E-state index is 13.6. The average molecular weight is 494 g/mol. The van der Waals surface area contributed by atoms with Gasteiger partial charge in [0.2, 0.25) is 5.78 Å². The van der Waals surface area contributed by atoms with Gasteiger partial charge in [0.15, 0.2) is 0 Å². The first kappa shape index (κ1) is 23.5. The third-order valence-corrected chi connectivity index (χ3v) is 7.53. The van der Waals surface area contributed by atoms with E-state index in [0.717, 1.165) is 46.6 Å². The Balaban J connectivity index is 1.42. The lowest BCUT2D eigenvalue weighted by Gasteiger charge is -2.37. The number of ether oxygens (including phenoxy) is 1. The van der Waals surface area contributed by atoms with Gasteiger partial charge in [-0.05, 0) is 66.6 Å². The van der Waals surface area contributed by atoms with Crippen LogP contribution in [0.3, 0.4) is 0 Å². The van der Waals surface area contributed by atoms with Crippen molar-refractivity contribution in [3.05, 3.63) is 82.5 Å². The van der Waals surface area contributed by atoms with Crippen LogP contribution in [0.4, 0.5) is 8.78 Å². The molecule has 1 aromatic heterocycles. The zero-order chi connectivity index (χ0) is 24.5. The number of ketones is 1. The number of nitrogens with zero attached hydrogens (tertiary/aromatic N) is 1. The van der Waals surface area contributed by atoms with E-state index in [1.54, 1.807) is 19.1 Å². The number of aryl methyl sites for hydroxylation is 1. The molecule has 1 saturated heterocycles. The second kappa shape index (κ2) is 9.76. The molecule has 0 amide bonds. The standard InChI is InChI=1S/C28H25F2NO3S/c1-17-12-20(30)4-8-23(17)27(33)28-26(24-9-5-21(32)13-25(24)35-28)19-2-6-22(7-3-19)34-11-10-31-15-18(14-29)16-31/h2-9,12-13,18,32H,10-11,14-16H2,1H3. The second-order valence-corrected chi connectivity index (χ2v) is 9.98. The van der Waals surface area contributed by atoms with Gasteiger partial charge in [0.1, 0.15) is 23.9 Å². The van der Waals surface area contributed by atoms with Gasteiger partial charge < -0.3 is 9.84 Å². The van der Waals surface area contributed by atoms with Crippen LogP contribution >= 0.6 is 11.3 Å². The summed E-state index contributed by atoms with van der Waals surface area (Å²) in [5.41, 5.74) is 2.66. The lowest BCUT2D eigenvalue weighted by Crippen LogP contribution is -2.49. The summed E-state index contributed by atoms with van der Waals surface area (Å²) in [7, 11) is 0. The molecule has 0 bridgehead atoms.